The minimum Gasteiger partial charge on any atom is -0.480 e. The number of amides is 1. The number of aliphatic carboxylic acids is 1. The van der Waals surface area contributed by atoms with Gasteiger partial charge in [-0.25, -0.2) is 13.2 Å². The first kappa shape index (κ1) is 16.6. The molecule has 1 aromatic rings. The van der Waals surface area contributed by atoms with Gasteiger partial charge in [-0.05, 0) is 18.6 Å². The Kier molecular flexibility index (Phi) is 5.70. The van der Waals surface area contributed by atoms with Crippen molar-refractivity contribution in [2.45, 2.75) is 36.4 Å². The summed E-state index contributed by atoms with van der Waals surface area (Å²) in [6.45, 7) is 1.93. The van der Waals surface area contributed by atoms with E-state index in [1.54, 1.807) is 0 Å². The Hall–Kier alpha value is -1.41. The van der Waals surface area contributed by atoms with Crippen LogP contribution in [0.25, 0.3) is 0 Å². The highest BCUT2D eigenvalue weighted by Crippen LogP contribution is 2.21. The van der Waals surface area contributed by atoms with Gasteiger partial charge < -0.3 is 10.4 Å². The molecule has 0 radical (unpaired) electrons. The third-order valence-electron chi connectivity index (χ3n) is 2.62. The van der Waals surface area contributed by atoms with Crippen molar-refractivity contribution in [2.24, 2.45) is 0 Å². The van der Waals surface area contributed by atoms with Crippen molar-refractivity contribution < 1.29 is 23.1 Å². The first-order chi connectivity index (χ1) is 9.25. The van der Waals surface area contributed by atoms with E-state index in [1.165, 1.54) is 12.1 Å². The summed E-state index contributed by atoms with van der Waals surface area (Å²) in [5, 5.41) is 11.4. The molecule has 6 nitrogen and oxygen atoms in total. The Morgan fingerprint density at radius 1 is 1.40 bits per heavy atom. The predicted molar refractivity (Wildman–Crippen MR) is 75.8 cm³/mol. The Morgan fingerprint density at radius 3 is 2.50 bits per heavy atom. The number of thiophene rings is 1. The number of rotatable bonds is 7. The topological polar surface area (TPSA) is 101 Å². The van der Waals surface area contributed by atoms with Crippen molar-refractivity contribution in [3.8, 4) is 0 Å². The van der Waals surface area contributed by atoms with E-state index in [0.29, 0.717) is 12.8 Å². The first-order valence-corrected chi connectivity index (χ1v) is 8.80. The second-order valence-electron chi connectivity index (χ2n) is 4.40. The quantitative estimate of drug-likeness (QED) is 0.793. The normalized spacial score (nSPS) is 12.9. The number of hydrogen-bond donors (Lipinski definition) is 2. The van der Waals surface area contributed by atoms with Crippen LogP contribution in [0.3, 0.4) is 0 Å². The molecule has 0 bridgehead atoms. The maximum absolute atomic E-state index is 11.9. The van der Waals surface area contributed by atoms with E-state index < -0.39 is 27.8 Å². The predicted octanol–water partition coefficient (Wildman–Crippen LogP) is 1.52. The zero-order chi connectivity index (χ0) is 15.3. The number of carboxylic acid groups (broad SMARTS) is 1. The number of carbonyl (C=O) groups excluding carboxylic acids is 1. The summed E-state index contributed by atoms with van der Waals surface area (Å²) >= 11 is 0.833. The van der Waals surface area contributed by atoms with E-state index in [0.717, 1.165) is 24.0 Å². The maximum Gasteiger partial charge on any atom is 0.326 e. The molecule has 0 fully saturated rings. The molecule has 0 spiro atoms. The standard InChI is InChI=1S/C12H17NO5S2/c1-3-4-5-8(12(15)16)13-11(14)9-6-7-10(19-9)20(2,17)18/h6-8H,3-5H2,1-2H3,(H,13,14)(H,15,16)/t8-/m0/s1. The van der Waals surface area contributed by atoms with Gasteiger partial charge in [0.15, 0.2) is 9.84 Å². The van der Waals surface area contributed by atoms with Gasteiger partial charge in [-0.2, -0.15) is 0 Å². The molecule has 0 aliphatic carbocycles. The zero-order valence-corrected chi connectivity index (χ0v) is 12.9. The lowest BCUT2D eigenvalue weighted by Crippen LogP contribution is -2.40. The van der Waals surface area contributed by atoms with Crippen LogP contribution in [0.15, 0.2) is 16.3 Å². The lowest BCUT2D eigenvalue weighted by atomic mass is 10.1. The fourth-order valence-electron chi connectivity index (χ4n) is 1.54. The smallest absolute Gasteiger partial charge is 0.326 e. The van der Waals surface area contributed by atoms with E-state index in [9.17, 15) is 18.0 Å². The van der Waals surface area contributed by atoms with Gasteiger partial charge in [-0.15, -0.1) is 11.3 Å². The second-order valence-corrected chi connectivity index (χ2v) is 7.72. The van der Waals surface area contributed by atoms with Crippen LogP contribution >= 0.6 is 11.3 Å². The highest BCUT2D eigenvalue weighted by Gasteiger charge is 2.22. The first-order valence-electron chi connectivity index (χ1n) is 6.09. The minimum atomic E-state index is -3.35. The van der Waals surface area contributed by atoms with Crippen molar-refractivity contribution in [1.29, 1.82) is 0 Å². The van der Waals surface area contributed by atoms with Gasteiger partial charge in [0.05, 0.1) is 4.88 Å². The Morgan fingerprint density at radius 2 is 2.05 bits per heavy atom. The van der Waals surface area contributed by atoms with Crippen LogP contribution in [0.2, 0.25) is 0 Å². The van der Waals surface area contributed by atoms with Crippen molar-refractivity contribution >= 4 is 33.1 Å². The largest absolute Gasteiger partial charge is 0.480 e. The van der Waals surface area contributed by atoms with Gasteiger partial charge >= 0.3 is 5.97 Å². The maximum atomic E-state index is 11.9. The molecular formula is C12H17NO5S2. The summed E-state index contributed by atoms with van der Waals surface area (Å²) in [4.78, 5) is 23.1. The Labute approximate surface area is 121 Å². The fraction of sp³-hybridized carbons (Fsp3) is 0.500. The van der Waals surface area contributed by atoms with E-state index in [-0.39, 0.29) is 9.09 Å². The number of nitrogens with one attached hydrogen (secondary N) is 1. The van der Waals surface area contributed by atoms with Crippen molar-refractivity contribution in [1.82, 2.24) is 5.32 Å². The third kappa shape index (κ3) is 4.61. The van der Waals surface area contributed by atoms with Gasteiger partial charge in [0.2, 0.25) is 0 Å². The molecule has 0 aliphatic heterocycles. The summed E-state index contributed by atoms with van der Waals surface area (Å²) in [6, 6.07) is 1.78. The van der Waals surface area contributed by atoms with Crippen LogP contribution < -0.4 is 5.32 Å². The van der Waals surface area contributed by atoms with Crippen LogP contribution in [-0.4, -0.2) is 37.7 Å². The van der Waals surface area contributed by atoms with Crippen LogP contribution in [0.4, 0.5) is 0 Å². The average molecular weight is 319 g/mol. The molecule has 0 aliphatic rings. The summed E-state index contributed by atoms with van der Waals surface area (Å²) < 4.78 is 22.7. The van der Waals surface area contributed by atoms with Crippen LogP contribution in [0.5, 0.6) is 0 Å². The third-order valence-corrected chi connectivity index (χ3v) is 5.52. The molecule has 0 unspecified atom stereocenters. The van der Waals surface area contributed by atoms with E-state index in [1.807, 2.05) is 6.92 Å². The molecule has 0 aromatic carbocycles. The Balaban J connectivity index is 2.79. The second kappa shape index (κ2) is 6.85. The van der Waals surface area contributed by atoms with Gasteiger partial charge in [-0.3, -0.25) is 4.79 Å². The molecule has 8 heteroatoms. The number of unbranched alkanes of at least 4 members (excludes halogenated alkanes) is 1. The van der Waals surface area contributed by atoms with E-state index >= 15 is 0 Å². The van der Waals surface area contributed by atoms with Crippen molar-refractivity contribution in [2.75, 3.05) is 6.26 Å². The number of carboxylic acids is 1. The highest BCUT2D eigenvalue weighted by atomic mass is 32.2. The summed E-state index contributed by atoms with van der Waals surface area (Å²) in [6.07, 6.45) is 2.93. The summed E-state index contributed by atoms with van der Waals surface area (Å²) in [7, 11) is -3.35. The molecule has 0 saturated heterocycles. The lowest BCUT2D eigenvalue weighted by Gasteiger charge is -2.13. The number of carbonyl (C=O) groups is 2. The fourth-order valence-corrected chi connectivity index (χ4v) is 3.37. The average Bonchev–Trinajstić information content (AvgIpc) is 2.83. The molecule has 1 amide bonds. The molecule has 1 atom stereocenters. The Bertz CT molecular complexity index is 591. The number of hydrogen-bond acceptors (Lipinski definition) is 5. The molecule has 112 valence electrons. The van der Waals surface area contributed by atoms with Crippen LogP contribution in [-0.2, 0) is 14.6 Å². The van der Waals surface area contributed by atoms with Crippen molar-refractivity contribution in [3.05, 3.63) is 17.0 Å². The van der Waals surface area contributed by atoms with Gasteiger partial charge in [-0.1, -0.05) is 19.8 Å². The summed E-state index contributed by atoms with van der Waals surface area (Å²) in [5.41, 5.74) is 0. The van der Waals surface area contributed by atoms with Gasteiger partial charge in [0.1, 0.15) is 10.3 Å². The molecule has 2 N–H and O–H groups in total. The van der Waals surface area contributed by atoms with Crippen LogP contribution in [0.1, 0.15) is 35.9 Å². The SMILES string of the molecule is CCCC[C@H](NC(=O)c1ccc(S(C)(=O)=O)s1)C(=O)O. The highest BCUT2D eigenvalue weighted by molar-refractivity contribution is 7.92. The zero-order valence-electron chi connectivity index (χ0n) is 11.3. The van der Waals surface area contributed by atoms with Gasteiger partial charge in [0.25, 0.3) is 5.91 Å². The van der Waals surface area contributed by atoms with Gasteiger partial charge in [0, 0.05) is 6.26 Å². The van der Waals surface area contributed by atoms with Crippen molar-refractivity contribution in [3.63, 3.8) is 0 Å². The molecule has 1 rings (SSSR count). The van der Waals surface area contributed by atoms with Crippen LogP contribution in [0, 0.1) is 0 Å². The molecule has 0 saturated carbocycles. The molecule has 1 heterocycles. The molecule has 20 heavy (non-hydrogen) atoms. The van der Waals surface area contributed by atoms with E-state index in [2.05, 4.69) is 5.32 Å². The minimum absolute atomic E-state index is 0.0862. The lowest BCUT2D eigenvalue weighted by molar-refractivity contribution is -0.139. The monoisotopic (exact) mass is 319 g/mol. The molecular weight excluding hydrogens is 302 g/mol. The number of sulfone groups is 1. The molecule has 1 aromatic heterocycles. The summed E-state index contributed by atoms with van der Waals surface area (Å²) in [5.74, 6) is -1.65. The van der Waals surface area contributed by atoms with E-state index in [4.69, 9.17) is 5.11 Å².